The highest BCUT2D eigenvalue weighted by Gasteiger charge is 2.61. The second-order valence-electron chi connectivity index (χ2n) is 11.7. The van der Waals surface area contributed by atoms with Crippen molar-refractivity contribution in [1.82, 2.24) is 9.62 Å². The third kappa shape index (κ3) is 9.46. The average Bonchev–Trinajstić information content (AvgIpc) is 3.81. The number of amides is 1. The third-order valence-corrected chi connectivity index (χ3v) is 9.68. The number of hydrogen-bond donors (Lipinski definition) is 2. The van der Waals surface area contributed by atoms with Gasteiger partial charge in [-0.3, -0.25) is 14.4 Å². The fourth-order valence-corrected chi connectivity index (χ4v) is 7.10. The molecule has 10 heteroatoms. The topological polar surface area (TPSA) is 64.7 Å². The summed E-state index contributed by atoms with van der Waals surface area (Å²) in [5, 5.41) is 3.92. The fourth-order valence-electron chi connectivity index (χ4n) is 6.33. The molecule has 1 amide bonds. The van der Waals surface area contributed by atoms with E-state index in [4.69, 9.17) is 28.0 Å². The Labute approximate surface area is 282 Å². The number of carbonyl (C=O) groups is 2. The van der Waals surface area contributed by atoms with Gasteiger partial charge in [0.05, 0.1) is 0 Å². The maximum atomic E-state index is 16.6. The van der Waals surface area contributed by atoms with E-state index in [-0.39, 0.29) is 23.7 Å². The van der Waals surface area contributed by atoms with Crippen LogP contribution in [0.15, 0.2) is 89.1 Å². The first-order valence-electron chi connectivity index (χ1n) is 15.3. The summed E-state index contributed by atoms with van der Waals surface area (Å²) in [6.45, 7) is 14.1. The Morgan fingerprint density at radius 2 is 1.91 bits per heavy atom. The molecule has 1 aliphatic heterocycles. The molecular formula is C35H45Cl2FN4O2S. The molecule has 0 bridgehead atoms. The average molecular weight is 676 g/mol. The number of halogens is 3. The minimum absolute atomic E-state index is 0.0506. The van der Waals surface area contributed by atoms with Crippen molar-refractivity contribution in [2.45, 2.75) is 56.5 Å². The van der Waals surface area contributed by atoms with Gasteiger partial charge in [-0.25, -0.2) is 4.39 Å². The molecule has 1 saturated carbocycles. The summed E-state index contributed by atoms with van der Waals surface area (Å²) in [6, 6.07) is 15.5. The number of hydrogen-bond acceptors (Lipinski definition) is 6. The summed E-state index contributed by atoms with van der Waals surface area (Å²) in [6.07, 6.45) is 7.78. The molecule has 0 spiro atoms. The first-order chi connectivity index (χ1) is 21.6. The fraction of sp³-hybridized carbons (Fsp3) is 0.429. The van der Waals surface area contributed by atoms with E-state index in [1.54, 1.807) is 42.3 Å². The van der Waals surface area contributed by atoms with Crippen molar-refractivity contribution in [3.05, 3.63) is 89.2 Å². The minimum atomic E-state index is -1.15. The maximum Gasteiger partial charge on any atom is 0.245 e. The highest BCUT2D eigenvalue weighted by molar-refractivity contribution is 7.97. The lowest BCUT2D eigenvalue weighted by atomic mass is 9.77. The van der Waals surface area contributed by atoms with Crippen molar-refractivity contribution in [1.29, 1.82) is 0 Å². The number of nitrogens with zero attached hydrogens (tertiary/aromatic N) is 2. The van der Waals surface area contributed by atoms with Crippen molar-refractivity contribution in [3.8, 4) is 0 Å². The summed E-state index contributed by atoms with van der Waals surface area (Å²) >= 11 is 13.8. The molecule has 4 rings (SSSR count). The van der Waals surface area contributed by atoms with Crippen LogP contribution in [-0.2, 0) is 9.59 Å². The van der Waals surface area contributed by atoms with Crippen LogP contribution >= 0.6 is 35.1 Å². The summed E-state index contributed by atoms with van der Waals surface area (Å²) in [5.41, 5.74) is 0.531. The van der Waals surface area contributed by atoms with Crippen LogP contribution in [0.5, 0.6) is 0 Å². The van der Waals surface area contributed by atoms with Crippen molar-refractivity contribution < 1.29 is 14.0 Å². The Morgan fingerprint density at radius 3 is 2.49 bits per heavy atom. The molecule has 2 N–H and O–H groups in total. The third-order valence-electron chi connectivity index (χ3n) is 8.61. The van der Waals surface area contributed by atoms with Crippen LogP contribution in [0, 0.1) is 17.8 Å². The quantitative estimate of drug-likeness (QED) is 0.155. The van der Waals surface area contributed by atoms with E-state index in [1.165, 1.54) is 6.08 Å². The predicted molar refractivity (Wildman–Crippen MR) is 189 cm³/mol. The van der Waals surface area contributed by atoms with Gasteiger partial charge in [0.15, 0.2) is 0 Å². The summed E-state index contributed by atoms with van der Waals surface area (Å²) < 4.78 is 19.7. The lowest BCUT2D eigenvalue weighted by molar-refractivity contribution is -0.128. The highest BCUT2D eigenvalue weighted by atomic mass is 35.5. The van der Waals surface area contributed by atoms with E-state index >= 15 is 4.39 Å². The van der Waals surface area contributed by atoms with Crippen LogP contribution in [-0.4, -0.2) is 55.9 Å². The van der Waals surface area contributed by atoms with Crippen LogP contribution in [0.2, 0.25) is 5.02 Å². The molecule has 244 valence electrons. The summed E-state index contributed by atoms with van der Waals surface area (Å²) in [5.74, 6) is -0.941. The summed E-state index contributed by atoms with van der Waals surface area (Å²) in [7, 11) is 1.90. The van der Waals surface area contributed by atoms with Gasteiger partial charge < -0.3 is 15.0 Å². The van der Waals surface area contributed by atoms with Gasteiger partial charge in [0.1, 0.15) is 18.2 Å². The molecule has 1 aliphatic carbocycles. The molecule has 6 nitrogen and oxygen atoms in total. The van der Waals surface area contributed by atoms with Gasteiger partial charge in [-0.05, 0) is 113 Å². The van der Waals surface area contributed by atoms with E-state index in [9.17, 15) is 4.79 Å². The minimum Gasteiger partial charge on any atom is -0.371 e. The molecular weight excluding hydrogens is 630 g/mol. The van der Waals surface area contributed by atoms with Gasteiger partial charge in [0.2, 0.25) is 5.91 Å². The van der Waals surface area contributed by atoms with Gasteiger partial charge in [0, 0.05) is 63.8 Å². The molecule has 0 radical (unpaired) electrons. The van der Waals surface area contributed by atoms with Gasteiger partial charge in [-0.2, -0.15) is 0 Å². The van der Waals surface area contributed by atoms with Crippen LogP contribution < -0.4 is 14.9 Å². The number of anilines is 2. The van der Waals surface area contributed by atoms with E-state index in [0.29, 0.717) is 28.2 Å². The molecule has 2 aliphatic rings. The molecule has 2 aromatic carbocycles. The zero-order chi connectivity index (χ0) is 33.1. The Morgan fingerprint density at radius 1 is 1.22 bits per heavy atom. The number of likely N-dealkylation sites (tertiary alicyclic amines) is 1. The summed E-state index contributed by atoms with van der Waals surface area (Å²) in [4.78, 5) is 28.1. The Hall–Kier alpha value is -2.62. The van der Waals surface area contributed by atoms with Crippen LogP contribution in [0.3, 0.4) is 0 Å². The first-order valence-corrected chi connectivity index (χ1v) is 16.8. The lowest BCUT2D eigenvalue weighted by Gasteiger charge is -2.39. The van der Waals surface area contributed by atoms with Crippen LogP contribution in [0.25, 0.3) is 0 Å². The van der Waals surface area contributed by atoms with E-state index in [0.717, 1.165) is 42.9 Å². The van der Waals surface area contributed by atoms with Gasteiger partial charge in [-0.1, -0.05) is 48.8 Å². The SMILES string of the molecule is C=C(Cl)/C=C\C=C(/F)C1[C@H](CN(CCC)c2ccc(SNC)cc2)C(C)N(CC2CC2)[C@@]1(C)C(=O)Nc1cccc(Cl)c1.C=O. The lowest BCUT2D eigenvalue weighted by Crippen LogP contribution is -2.56. The molecule has 2 unspecified atom stereocenters. The smallest absolute Gasteiger partial charge is 0.245 e. The Kier molecular flexibility index (Phi) is 14.2. The Balaban J connectivity index is 0.00000271. The Bertz CT molecular complexity index is 1350. The molecule has 1 heterocycles. The predicted octanol–water partition coefficient (Wildman–Crippen LogP) is 8.50. The molecule has 1 saturated heterocycles. The van der Waals surface area contributed by atoms with E-state index < -0.39 is 11.5 Å². The highest BCUT2D eigenvalue weighted by Crippen LogP contribution is 2.50. The van der Waals surface area contributed by atoms with Crippen molar-refractivity contribution in [2.75, 3.05) is 36.9 Å². The second-order valence-corrected chi connectivity index (χ2v) is 13.7. The van der Waals surface area contributed by atoms with Crippen molar-refractivity contribution in [2.24, 2.45) is 17.8 Å². The van der Waals surface area contributed by atoms with Gasteiger partial charge in [-0.15, -0.1) is 0 Å². The first kappa shape index (κ1) is 36.8. The van der Waals surface area contributed by atoms with Crippen LogP contribution in [0.4, 0.5) is 15.8 Å². The number of allylic oxidation sites excluding steroid dienone is 4. The molecule has 45 heavy (non-hydrogen) atoms. The maximum absolute atomic E-state index is 16.6. The van der Waals surface area contributed by atoms with E-state index in [2.05, 4.69) is 64.5 Å². The van der Waals surface area contributed by atoms with Crippen molar-refractivity contribution in [3.63, 3.8) is 0 Å². The zero-order valence-corrected chi connectivity index (χ0v) is 28.9. The number of rotatable bonds is 14. The van der Waals surface area contributed by atoms with E-state index in [1.807, 2.05) is 26.8 Å². The molecule has 2 aromatic rings. The van der Waals surface area contributed by atoms with Gasteiger partial charge >= 0.3 is 0 Å². The molecule has 4 atom stereocenters. The second kappa shape index (κ2) is 17.3. The number of carbonyl (C=O) groups excluding carboxylic acids is 2. The molecule has 0 aromatic heterocycles. The van der Waals surface area contributed by atoms with Crippen LogP contribution in [0.1, 0.15) is 40.0 Å². The monoisotopic (exact) mass is 674 g/mol. The number of nitrogens with one attached hydrogen (secondary N) is 2. The van der Waals surface area contributed by atoms with Crippen molar-refractivity contribution >= 4 is 59.2 Å². The normalized spacial score (nSPS) is 23.4. The van der Waals surface area contributed by atoms with Gasteiger partial charge in [0.25, 0.3) is 0 Å². The standard InChI is InChI=1S/C34H43Cl2FN4OS.CH2O/c1-6-19-40(28-15-17-29(18-16-28)43-38-5)22-30-24(3)41(21-25-13-14-25)34(4,32(30)31(37)12-7-9-23(2)35)33(42)39-27-11-8-10-26(36)20-27;1-2/h7-12,15-18,20,24-25,30,32,38H,2,6,13-14,19,21-22H2,1,3-5H3,(H,39,42);1H2/b9-7-,31-12-;/t24?,30-,32?,34-;/m1./s1. The molecule has 2 fully saturated rings. The zero-order valence-electron chi connectivity index (χ0n) is 26.6. The number of benzene rings is 2. The largest absolute Gasteiger partial charge is 0.371 e.